The van der Waals surface area contributed by atoms with Crippen LogP contribution in [0.25, 0.3) is 76.4 Å². The van der Waals surface area contributed by atoms with Gasteiger partial charge in [0.2, 0.25) is 11.8 Å². The van der Waals surface area contributed by atoms with Gasteiger partial charge in [0.25, 0.3) is 0 Å². The average molecular weight is 664 g/mol. The van der Waals surface area contributed by atoms with Crippen molar-refractivity contribution in [1.82, 2.24) is 20.2 Å². The van der Waals surface area contributed by atoms with Crippen molar-refractivity contribution in [2.45, 2.75) is 0 Å². The van der Waals surface area contributed by atoms with Gasteiger partial charge < -0.3 is 13.7 Å². The summed E-state index contributed by atoms with van der Waals surface area (Å²) < 4.78 is 14.5. The highest BCUT2D eigenvalue weighted by Crippen LogP contribution is 2.39. The summed E-state index contributed by atoms with van der Waals surface area (Å²) in [6, 6.07) is 47.6. The Morgan fingerprint density at radius 2 is 0.940 bits per heavy atom. The van der Waals surface area contributed by atoms with Gasteiger partial charge >= 0.3 is 0 Å². The van der Waals surface area contributed by atoms with E-state index in [-0.39, 0.29) is 0 Å². The molecule has 4 heterocycles. The lowest BCUT2D eigenvalue weighted by molar-refractivity contribution is 0.619. The number of para-hydroxylation sites is 4. The molecule has 10 rings (SSSR count). The normalized spacial score (nSPS) is 11.6. The monoisotopic (exact) mass is 663 g/mol. The second-order valence-corrected chi connectivity index (χ2v) is 13.1. The molecule has 0 fully saturated rings. The number of oxazole rings is 2. The Morgan fingerprint density at radius 3 is 1.50 bits per heavy atom. The first-order chi connectivity index (χ1) is 24.7. The first-order valence-electron chi connectivity index (χ1n) is 16.2. The first-order valence-corrected chi connectivity index (χ1v) is 17.0. The summed E-state index contributed by atoms with van der Waals surface area (Å²) >= 11 is 1.74. The van der Waals surface area contributed by atoms with E-state index >= 15 is 0 Å². The van der Waals surface area contributed by atoms with Crippen molar-refractivity contribution in [2.75, 3.05) is 4.90 Å². The minimum Gasteiger partial charge on any atom is -0.436 e. The molecule has 0 radical (unpaired) electrons. The van der Waals surface area contributed by atoms with E-state index in [4.69, 9.17) is 18.8 Å². The van der Waals surface area contributed by atoms with Crippen LogP contribution in [-0.2, 0) is 0 Å². The lowest BCUT2D eigenvalue weighted by Gasteiger charge is -2.26. The number of fused-ring (bicyclic) bond motifs is 5. The number of hydrogen-bond acceptors (Lipinski definition) is 8. The van der Waals surface area contributed by atoms with Gasteiger partial charge in [-0.15, -0.1) is 11.3 Å². The quantitative estimate of drug-likeness (QED) is 0.175. The third-order valence-corrected chi connectivity index (χ3v) is 10.1. The van der Waals surface area contributed by atoms with Gasteiger partial charge in [-0.05, 0) is 102 Å². The summed E-state index contributed by atoms with van der Waals surface area (Å²) in [5.41, 5.74) is 10.4. The zero-order valence-corrected chi connectivity index (χ0v) is 27.2. The van der Waals surface area contributed by atoms with E-state index in [0.29, 0.717) is 11.8 Å². The molecule has 0 unspecified atom stereocenters. The molecule has 4 aromatic heterocycles. The number of rotatable bonds is 6. The van der Waals surface area contributed by atoms with Crippen molar-refractivity contribution >= 4 is 70.8 Å². The zero-order chi connectivity index (χ0) is 33.0. The SMILES string of the molecule is c1ccc2oc(-c3ccc(N(c4ccc(-c5ccc6c(c5)sc5cnncc56)cc4)c4ccc(-c5nc6ccccc6o5)cc4)cc3)nc2c1. The molecule has 0 bridgehead atoms. The first kappa shape index (κ1) is 28.4. The van der Waals surface area contributed by atoms with E-state index < -0.39 is 0 Å². The largest absolute Gasteiger partial charge is 0.436 e. The van der Waals surface area contributed by atoms with Crippen LogP contribution in [0.5, 0.6) is 0 Å². The van der Waals surface area contributed by atoms with Crippen molar-refractivity contribution in [2.24, 2.45) is 0 Å². The molecule has 50 heavy (non-hydrogen) atoms. The molecule has 0 saturated carbocycles. The number of hydrogen-bond donors (Lipinski definition) is 0. The fourth-order valence-corrected chi connectivity index (χ4v) is 7.55. The van der Waals surface area contributed by atoms with Crippen molar-refractivity contribution in [3.63, 3.8) is 0 Å². The second-order valence-electron chi connectivity index (χ2n) is 12.0. The summed E-state index contributed by atoms with van der Waals surface area (Å²) in [5.74, 6) is 1.19. The molecular formula is C42H25N5O2S. The number of aromatic nitrogens is 4. The molecule has 0 amide bonds. The van der Waals surface area contributed by atoms with Crippen LogP contribution in [0.4, 0.5) is 17.1 Å². The van der Waals surface area contributed by atoms with Gasteiger partial charge in [0.05, 0.1) is 17.1 Å². The van der Waals surface area contributed by atoms with Gasteiger partial charge in [-0.1, -0.05) is 48.5 Å². The van der Waals surface area contributed by atoms with Gasteiger partial charge in [-0.25, -0.2) is 9.97 Å². The van der Waals surface area contributed by atoms with E-state index in [1.807, 2.05) is 60.9 Å². The van der Waals surface area contributed by atoms with Crippen LogP contribution in [0.1, 0.15) is 0 Å². The molecule has 6 aromatic carbocycles. The molecule has 8 heteroatoms. The van der Waals surface area contributed by atoms with E-state index in [9.17, 15) is 0 Å². The Balaban J connectivity index is 1.02. The Morgan fingerprint density at radius 1 is 0.440 bits per heavy atom. The molecule has 7 nitrogen and oxygen atoms in total. The van der Waals surface area contributed by atoms with Gasteiger partial charge in [0.1, 0.15) is 11.0 Å². The molecule has 0 N–H and O–H groups in total. The summed E-state index contributed by atoms with van der Waals surface area (Å²) in [7, 11) is 0. The Bertz CT molecular complexity index is 2640. The highest BCUT2D eigenvalue weighted by Gasteiger charge is 2.16. The molecule has 0 aliphatic carbocycles. The van der Waals surface area contributed by atoms with Gasteiger partial charge in [0.15, 0.2) is 11.2 Å². The van der Waals surface area contributed by atoms with Crippen LogP contribution in [0.15, 0.2) is 161 Å². The molecule has 0 aliphatic heterocycles. The zero-order valence-electron chi connectivity index (χ0n) is 26.4. The molecule has 0 spiro atoms. The van der Waals surface area contributed by atoms with Crippen molar-refractivity contribution in [1.29, 1.82) is 0 Å². The third-order valence-electron chi connectivity index (χ3n) is 8.98. The molecule has 0 saturated heterocycles. The van der Waals surface area contributed by atoms with E-state index in [1.54, 1.807) is 11.3 Å². The molecule has 0 atom stereocenters. The summed E-state index contributed by atoms with van der Waals surface area (Å²) in [4.78, 5) is 11.6. The van der Waals surface area contributed by atoms with Gasteiger partial charge in [-0.2, -0.15) is 10.2 Å². The average Bonchev–Trinajstić information content (AvgIpc) is 3.91. The van der Waals surface area contributed by atoms with Crippen LogP contribution in [0.3, 0.4) is 0 Å². The van der Waals surface area contributed by atoms with Gasteiger partial charge in [0, 0.05) is 43.7 Å². The standard InChI is InChI=1S/C42H25N5O2S/c1-3-7-37-35(5-1)45-41(48-37)27-11-18-31(19-12-27)47(32-20-13-28(14-21-32)42-46-36-6-2-4-8-38(36)49-42)30-16-9-26(10-17-30)29-15-22-33-34-24-43-44-25-40(34)50-39(33)23-29/h1-25H. The minimum atomic E-state index is 0.597. The minimum absolute atomic E-state index is 0.597. The lowest BCUT2D eigenvalue weighted by atomic mass is 10.0. The van der Waals surface area contributed by atoms with Crippen molar-refractivity contribution in [3.05, 3.63) is 152 Å². The second kappa shape index (κ2) is 11.5. The highest BCUT2D eigenvalue weighted by molar-refractivity contribution is 7.25. The maximum Gasteiger partial charge on any atom is 0.227 e. The Hall–Kier alpha value is -6.64. The Labute approximate surface area is 289 Å². The van der Waals surface area contributed by atoms with Crippen molar-refractivity contribution in [3.8, 4) is 34.0 Å². The van der Waals surface area contributed by atoms with Crippen LogP contribution < -0.4 is 4.90 Å². The third kappa shape index (κ3) is 4.89. The van der Waals surface area contributed by atoms with Crippen LogP contribution in [0, 0.1) is 0 Å². The number of anilines is 3. The topological polar surface area (TPSA) is 81.1 Å². The van der Waals surface area contributed by atoms with E-state index in [0.717, 1.165) is 71.6 Å². The van der Waals surface area contributed by atoms with Crippen LogP contribution in [-0.4, -0.2) is 20.2 Å². The maximum atomic E-state index is 6.05. The molecule has 0 aliphatic rings. The molecular weight excluding hydrogens is 639 g/mol. The fraction of sp³-hybridized carbons (Fsp3) is 0. The summed E-state index contributed by atoms with van der Waals surface area (Å²) in [6.07, 6.45) is 3.68. The lowest BCUT2D eigenvalue weighted by Crippen LogP contribution is -2.09. The van der Waals surface area contributed by atoms with Crippen LogP contribution >= 0.6 is 11.3 Å². The fourth-order valence-electron chi connectivity index (χ4n) is 6.47. The van der Waals surface area contributed by atoms with Crippen LogP contribution in [0.2, 0.25) is 0 Å². The molecule has 10 aromatic rings. The summed E-state index contributed by atoms with van der Waals surface area (Å²) in [6.45, 7) is 0. The number of thiophene rings is 1. The summed E-state index contributed by atoms with van der Waals surface area (Å²) in [5, 5.41) is 10.5. The van der Waals surface area contributed by atoms with Gasteiger partial charge in [-0.3, -0.25) is 0 Å². The molecule has 236 valence electrons. The predicted molar refractivity (Wildman–Crippen MR) is 201 cm³/mol. The number of benzene rings is 6. The highest BCUT2D eigenvalue weighted by atomic mass is 32.1. The maximum absolute atomic E-state index is 6.05. The predicted octanol–water partition coefficient (Wildman–Crippen LogP) is 11.6. The smallest absolute Gasteiger partial charge is 0.227 e. The Kier molecular flexibility index (Phi) is 6.53. The van der Waals surface area contributed by atoms with Crippen molar-refractivity contribution < 1.29 is 8.83 Å². The number of nitrogens with zero attached hydrogens (tertiary/aromatic N) is 5. The van der Waals surface area contributed by atoms with E-state index in [2.05, 4.69) is 106 Å². The van der Waals surface area contributed by atoms with E-state index in [1.165, 1.54) is 10.1 Å².